The second-order valence-corrected chi connectivity index (χ2v) is 5.28. The fourth-order valence-electron chi connectivity index (χ4n) is 1.72. The molecule has 2 nitrogen and oxygen atoms in total. The van der Waals surface area contributed by atoms with Gasteiger partial charge >= 0.3 is 0 Å². The van der Waals surface area contributed by atoms with Gasteiger partial charge in [-0.1, -0.05) is 13.8 Å². The molecule has 0 radical (unpaired) electrons. The van der Waals surface area contributed by atoms with E-state index in [0.29, 0.717) is 5.92 Å². The first-order valence-electron chi connectivity index (χ1n) is 5.93. The lowest BCUT2D eigenvalue weighted by Gasteiger charge is -2.08. The van der Waals surface area contributed by atoms with Gasteiger partial charge in [-0.05, 0) is 48.0 Å². The second-order valence-electron chi connectivity index (χ2n) is 4.17. The van der Waals surface area contributed by atoms with Crippen LogP contribution in [0.5, 0.6) is 0 Å². The number of alkyl halides is 1. The van der Waals surface area contributed by atoms with Crippen molar-refractivity contribution in [3.8, 4) is 0 Å². The smallest absolute Gasteiger partial charge is 0.0766 e. The summed E-state index contributed by atoms with van der Waals surface area (Å²) in [6.07, 6.45) is 3.15. The highest BCUT2D eigenvalue weighted by atomic mass is 79.9. The third-order valence-electron chi connectivity index (χ3n) is 2.83. The fraction of sp³-hybridized carbons (Fsp3) is 0.750. The zero-order valence-electron chi connectivity index (χ0n) is 10.3. The van der Waals surface area contributed by atoms with Crippen LogP contribution in [0, 0.1) is 5.92 Å². The Balaban J connectivity index is 2.80. The summed E-state index contributed by atoms with van der Waals surface area (Å²) in [6.45, 7) is 7.39. The Morgan fingerprint density at radius 1 is 1.44 bits per heavy atom. The molecule has 1 heterocycles. The van der Waals surface area contributed by atoms with Crippen molar-refractivity contribution in [1.29, 1.82) is 0 Å². The molecule has 0 spiro atoms. The first-order valence-corrected chi connectivity index (χ1v) is 7.26. The molecular weight excluding hydrogens is 288 g/mol. The molecule has 1 rings (SSSR count). The van der Waals surface area contributed by atoms with E-state index in [1.807, 2.05) is 0 Å². The van der Waals surface area contributed by atoms with E-state index in [1.165, 1.54) is 10.2 Å². The molecule has 0 amide bonds. The summed E-state index contributed by atoms with van der Waals surface area (Å²) in [5.41, 5.74) is 2.48. The second kappa shape index (κ2) is 6.65. The van der Waals surface area contributed by atoms with Crippen LogP contribution < -0.4 is 0 Å². The maximum Gasteiger partial charge on any atom is 0.0766 e. The Morgan fingerprint density at radius 2 is 2.12 bits per heavy atom. The first-order chi connectivity index (χ1) is 7.63. The molecule has 0 bridgehead atoms. The molecule has 0 aliphatic heterocycles. The lowest BCUT2D eigenvalue weighted by Crippen LogP contribution is -2.06. The van der Waals surface area contributed by atoms with E-state index in [-0.39, 0.29) is 0 Å². The molecule has 4 heteroatoms. The quantitative estimate of drug-likeness (QED) is 0.725. The average Bonchev–Trinajstić information content (AvgIpc) is 2.62. The van der Waals surface area contributed by atoms with Crippen molar-refractivity contribution in [3.63, 3.8) is 0 Å². The van der Waals surface area contributed by atoms with Gasteiger partial charge in [0.1, 0.15) is 0 Å². The number of aromatic nitrogens is 2. The summed E-state index contributed by atoms with van der Waals surface area (Å²) in [7, 11) is 0. The number of rotatable bonds is 6. The maximum absolute atomic E-state index is 5.83. The van der Waals surface area contributed by atoms with Gasteiger partial charge in [0, 0.05) is 12.4 Å². The van der Waals surface area contributed by atoms with Crippen molar-refractivity contribution in [2.24, 2.45) is 5.92 Å². The van der Waals surface area contributed by atoms with E-state index in [0.717, 1.165) is 37.4 Å². The predicted octanol–water partition coefficient (Wildman–Crippen LogP) is 4.04. The summed E-state index contributed by atoms with van der Waals surface area (Å²) in [5, 5.41) is 4.59. The zero-order chi connectivity index (χ0) is 12.1. The fourth-order valence-corrected chi connectivity index (χ4v) is 2.63. The van der Waals surface area contributed by atoms with Gasteiger partial charge in [0.25, 0.3) is 0 Å². The minimum Gasteiger partial charge on any atom is -0.268 e. The van der Waals surface area contributed by atoms with Gasteiger partial charge in [-0.15, -0.1) is 11.6 Å². The summed E-state index contributed by atoms with van der Waals surface area (Å²) >= 11 is 9.49. The lowest BCUT2D eigenvalue weighted by molar-refractivity contribution is 0.549. The van der Waals surface area contributed by atoms with Gasteiger partial charge in [0.15, 0.2) is 0 Å². The summed E-state index contributed by atoms with van der Waals surface area (Å²) < 4.78 is 3.29. The molecule has 0 saturated heterocycles. The van der Waals surface area contributed by atoms with Gasteiger partial charge in [-0.2, -0.15) is 5.10 Å². The highest BCUT2D eigenvalue weighted by molar-refractivity contribution is 9.10. The topological polar surface area (TPSA) is 17.8 Å². The number of hydrogen-bond acceptors (Lipinski definition) is 1. The van der Waals surface area contributed by atoms with Crippen LogP contribution in [-0.2, 0) is 19.4 Å². The molecule has 16 heavy (non-hydrogen) atoms. The number of nitrogens with zero attached hydrogens (tertiary/aromatic N) is 2. The summed E-state index contributed by atoms with van der Waals surface area (Å²) in [5.74, 6) is 1.30. The van der Waals surface area contributed by atoms with Crippen molar-refractivity contribution in [2.45, 2.75) is 46.6 Å². The van der Waals surface area contributed by atoms with Crippen LogP contribution in [0.15, 0.2) is 4.47 Å². The number of halogens is 2. The van der Waals surface area contributed by atoms with Crippen LogP contribution in [0.2, 0.25) is 0 Å². The summed E-state index contributed by atoms with van der Waals surface area (Å²) in [6, 6.07) is 0. The van der Waals surface area contributed by atoms with Crippen molar-refractivity contribution in [1.82, 2.24) is 9.78 Å². The minimum atomic E-state index is 0.568. The molecule has 0 aliphatic carbocycles. The number of aryl methyl sites for hydroxylation is 2. The highest BCUT2D eigenvalue weighted by Crippen LogP contribution is 2.24. The van der Waals surface area contributed by atoms with E-state index < -0.39 is 0 Å². The Labute approximate surface area is 111 Å². The Bertz CT molecular complexity index is 336. The molecule has 0 aliphatic rings. The molecular formula is C12H20BrClN2. The van der Waals surface area contributed by atoms with Crippen molar-refractivity contribution in [3.05, 3.63) is 15.9 Å². The zero-order valence-corrected chi connectivity index (χ0v) is 12.6. The van der Waals surface area contributed by atoms with Crippen LogP contribution in [0.25, 0.3) is 0 Å². The van der Waals surface area contributed by atoms with E-state index in [2.05, 4.69) is 46.5 Å². The number of hydrogen-bond donors (Lipinski definition) is 0. The van der Waals surface area contributed by atoms with Gasteiger partial charge in [0.05, 0.1) is 15.9 Å². The van der Waals surface area contributed by atoms with E-state index >= 15 is 0 Å². The van der Waals surface area contributed by atoms with Gasteiger partial charge < -0.3 is 0 Å². The molecule has 1 aromatic rings. The standard InChI is InChI=1S/C12H20BrClN2/c1-4-10-12(13)11(16(5-2)15-10)7-6-9(3)8-14/h9H,4-8H2,1-3H3. The van der Waals surface area contributed by atoms with Gasteiger partial charge in [-0.25, -0.2) is 0 Å². The molecule has 1 atom stereocenters. The van der Waals surface area contributed by atoms with Crippen LogP contribution in [-0.4, -0.2) is 15.7 Å². The maximum atomic E-state index is 5.83. The van der Waals surface area contributed by atoms with Crippen molar-refractivity contribution < 1.29 is 0 Å². The average molecular weight is 308 g/mol. The van der Waals surface area contributed by atoms with Crippen molar-refractivity contribution in [2.75, 3.05) is 5.88 Å². The van der Waals surface area contributed by atoms with Crippen LogP contribution in [0.1, 0.15) is 38.6 Å². The highest BCUT2D eigenvalue weighted by Gasteiger charge is 2.14. The van der Waals surface area contributed by atoms with Crippen LogP contribution in [0.4, 0.5) is 0 Å². The molecule has 1 aromatic heterocycles. The Morgan fingerprint density at radius 3 is 2.62 bits per heavy atom. The molecule has 92 valence electrons. The molecule has 0 saturated carbocycles. The Kier molecular flexibility index (Phi) is 5.84. The summed E-state index contributed by atoms with van der Waals surface area (Å²) in [4.78, 5) is 0. The third kappa shape index (κ3) is 3.24. The molecule has 0 fully saturated rings. The third-order valence-corrected chi connectivity index (χ3v) is 4.27. The van der Waals surface area contributed by atoms with E-state index in [4.69, 9.17) is 11.6 Å². The minimum absolute atomic E-state index is 0.568. The van der Waals surface area contributed by atoms with Gasteiger partial charge in [0.2, 0.25) is 0 Å². The van der Waals surface area contributed by atoms with Crippen LogP contribution >= 0.6 is 27.5 Å². The van der Waals surface area contributed by atoms with E-state index in [1.54, 1.807) is 0 Å². The largest absolute Gasteiger partial charge is 0.268 e. The molecule has 0 N–H and O–H groups in total. The monoisotopic (exact) mass is 306 g/mol. The van der Waals surface area contributed by atoms with Crippen molar-refractivity contribution >= 4 is 27.5 Å². The van der Waals surface area contributed by atoms with Gasteiger partial charge in [-0.3, -0.25) is 4.68 Å². The van der Waals surface area contributed by atoms with E-state index in [9.17, 15) is 0 Å². The molecule has 1 unspecified atom stereocenters. The SMILES string of the molecule is CCc1nn(CC)c(CCC(C)CCl)c1Br. The lowest BCUT2D eigenvalue weighted by atomic mass is 10.1. The first kappa shape index (κ1) is 14.0. The predicted molar refractivity (Wildman–Crippen MR) is 73.2 cm³/mol. The Hall–Kier alpha value is -0.0200. The normalized spacial score (nSPS) is 13.1. The van der Waals surface area contributed by atoms with Crippen LogP contribution in [0.3, 0.4) is 0 Å². The molecule has 0 aromatic carbocycles.